The van der Waals surface area contributed by atoms with E-state index < -0.39 is 78.5 Å². The van der Waals surface area contributed by atoms with Crippen LogP contribution in [0.1, 0.15) is 94.6 Å². The molecule has 2 aromatic carbocycles. The van der Waals surface area contributed by atoms with Crippen LogP contribution in [0.4, 0.5) is 4.79 Å². The summed E-state index contributed by atoms with van der Waals surface area (Å²) < 4.78 is 0. The van der Waals surface area contributed by atoms with E-state index in [4.69, 9.17) is 11.5 Å². The van der Waals surface area contributed by atoms with Gasteiger partial charge in [0.2, 0.25) is 47.3 Å². The molecule has 7 atom stereocenters. The van der Waals surface area contributed by atoms with Crippen molar-refractivity contribution in [2.45, 2.75) is 132 Å². The van der Waals surface area contributed by atoms with Crippen molar-refractivity contribution in [3.05, 3.63) is 71.9 Å². The number of thioether (sulfide) groups is 1. The summed E-state index contributed by atoms with van der Waals surface area (Å²) in [6.07, 6.45) is 8.02. The fourth-order valence-electron chi connectivity index (χ4n) is 8.97. The van der Waals surface area contributed by atoms with Crippen LogP contribution < -0.4 is 59.5 Å². The number of carbonyl (C=O) groups excluding carboxylic acids is 9. The Balaban J connectivity index is 1.08. The van der Waals surface area contributed by atoms with Crippen LogP contribution in [0, 0.1) is 5.92 Å². The molecule has 10 amide bonds. The molecule has 2 aliphatic heterocycles. The second-order valence-electron chi connectivity index (χ2n) is 18.5. The number of rotatable bonds is 33. The fourth-order valence-corrected chi connectivity index (χ4v) is 10.5. The topological polar surface area (TPSA) is 350 Å². The summed E-state index contributed by atoms with van der Waals surface area (Å²) in [6.45, 7) is -0.407. The first-order chi connectivity index (χ1) is 35.2. The number of hydroxylamine groups is 1. The van der Waals surface area contributed by atoms with Gasteiger partial charge in [0, 0.05) is 59.8 Å². The van der Waals surface area contributed by atoms with E-state index in [1.807, 2.05) is 66.4 Å². The molecule has 2 fully saturated rings. The Bertz CT molecular complexity index is 2340. The summed E-state index contributed by atoms with van der Waals surface area (Å²) in [5.74, 6) is -5.06. The minimum absolute atomic E-state index is 0.0166. The Morgan fingerprint density at radius 3 is 2.19 bits per heavy atom. The van der Waals surface area contributed by atoms with E-state index in [0.717, 1.165) is 41.5 Å². The Morgan fingerprint density at radius 1 is 0.699 bits per heavy atom. The summed E-state index contributed by atoms with van der Waals surface area (Å²) in [4.78, 5) is 119. The number of hydrogen-bond donors (Lipinski definition) is 13. The van der Waals surface area contributed by atoms with Crippen molar-refractivity contribution >= 4 is 76.0 Å². The summed E-state index contributed by atoms with van der Waals surface area (Å²) in [6, 6.07) is 13.7. The quantitative estimate of drug-likeness (QED) is 0.0172. The lowest BCUT2D eigenvalue weighted by molar-refractivity contribution is -0.137. The van der Waals surface area contributed by atoms with Crippen LogP contribution >= 0.6 is 11.8 Å². The van der Waals surface area contributed by atoms with Gasteiger partial charge in [0.1, 0.15) is 18.1 Å². The van der Waals surface area contributed by atoms with Crippen molar-refractivity contribution in [1.29, 1.82) is 0 Å². The summed E-state index contributed by atoms with van der Waals surface area (Å²) in [5, 5.41) is 32.2. The van der Waals surface area contributed by atoms with Crippen LogP contribution in [0.2, 0.25) is 0 Å². The van der Waals surface area contributed by atoms with Crippen molar-refractivity contribution in [1.82, 2.24) is 53.0 Å². The van der Waals surface area contributed by atoms with E-state index in [2.05, 4.69) is 47.5 Å². The highest BCUT2D eigenvalue weighted by Crippen LogP contribution is 2.33. The molecule has 1 unspecified atom stereocenters. The van der Waals surface area contributed by atoms with Gasteiger partial charge in [-0.05, 0) is 94.4 Å². The predicted octanol–water partition coefficient (Wildman–Crippen LogP) is 0.558. The molecule has 0 saturated carbocycles. The minimum atomic E-state index is -1.25. The van der Waals surface area contributed by atoms with E-state index in [0.29, 0.717) is 68.8 Å². The monoisotopic (exact) mass is 1030 g/mol. The number of hydrogen-bond acceptors (Lipinski definition) is 12. The molecule has 3 heterocycles. The zero-order chi connectivity index (χ0) is 52.5. The number of unbranched alkanes of at least 4 members (excludes halogenated alkanes) is 3. The van der Waals surface area contributed by atoms with Gasteiger partial charge in [0.25, 0.3) is 0 Å². The number of nitrogens with one attached hydrogen (secondary N) is 10. The highest BCUT2D eigenvalue weighted by atomic mass is 32.2. The van der Waals surface area contributed by atoms with Crippen LogP contribution in [0.25, 0.3) is 10.9 Å². The van der Waals surface area contributed by atoms with E-state index in [9.17, 15) is 48.4 Å². The number of H-pyrrole nitrogens is 1. The molecule has 3 aromatic rings. The first kappa shape index (κ1) is 57.2. The molecule has 1 aromatic heterocycles. The highest BCUT2D eigenvalue weighted by molar-refractivity contribution is 8.00. The SMILES string of the molecule is NCCCC[C@H](NC(=O)C(CCCc1ccccc1)CC(=O)NO)C(=O)N[C@@H](Cc1c[nH]c2ccccc12)C(=O)NCC(=O)NCC(=O)N[C@@H](CCCCNC(=O)CCCC[C@@H]1SC[C@@H]2NC(=O)N[C@@H]21)C(N)=O. The number of urea groups is 1. The number of aryl methyl sites for hydroxylation is 1. The third kappa shape index (κ3) is 19.3. The van der Waals surface area contributed by atoms with Crippen molar-refractivity contribution in [3.8, 4) is 0 Å². The van der Waals surface area contributed by atoms with E-state index in [1.165, 1.54) is 0 Å². The molecule has 0 spiro atoms. The third-order valence-electron chi connectivity index (χ3n) is 13.0. The Morgan fingerprint density at radius 2 is 1.42 bits per heavy atom. The van der Waals surface area contributed by atoms with Crippen molar-refractivity contribution in [2.24, 2.45) is 17.4 Å². The zero-order valence-electron chi connectivity index (χ0n) is 41.1. The number of carbonyl (C=O) groups is 9. The maximum Gasteiger partial charge on any atom is 0.315 e. The molecule has 73 heavy (non-hydrogen) atoms. The molecule has 2 aliphatic rings. The number of aromatic nitrogens is 1. The van der Waals surface area contributed by atoms with Crippen molar-refractivity contribution < 1.29 is 48.4 Å². The molecule has 398 valence electrons. The molecule has 0 aliphatic carbocycles. The number of aromatic amines is 1. The number of primary amides is 1. The average Bonchev–Trinajstić information content (AvgIpc) is 4.09. The molecular weight excluding hydrogens is 961 g/mol. The summed E-state index contributed by atoms with van der Waals surface area (Å²) >= 11 is 1.84. The maximum absolute atomic E-state index is 14.1. The fraction of sp³-hybridized carbons (Fsp3) is 0.540. The number of amides is 10. The molecular formula is C50H72N12O10S. The molecule has 22 nitrogen and oxygen atoms in total. The lowest BCUT2D eigenvalue weighted by Crippen LogP contribution is -2.56. The lowest BCUT2D eigenvalue weighted by Gasteiger charge is -2.25. The van der Waals surface area contributed by atoms with Crippen molar-refractivity contribution in [3.63, 3.8) is 0 Å². The number of benzene rings is 2. The second-order valence-corrected chi connectivity index (χ2v) is 19.8. The van der Waals surface area contributed by atoms with Crippen LogP contribution in [-0.2, 0) is 51.2 Å². The molecule has 0 bridgehead atoms. The van der Waals surface area contributed by atoms with Crippen LogP contribution in [0.5, 0.6) is 0 Å². The van der Waals surface area contributed by atoms with Gasteiger partial charge in [-0.15, -0.1) is 0 Å². The van der Waals surface area contributed by atoms with Gasteiger partial charge in [-0.3, -0.25) is 43.6 Å². The summed E-state index contributed by atoms with van der Waals surface area (Å²) in [5.41, 5.74) is 15.4. The first-order valence-electron chi connectivity index (χ1n) is 25.2. The van der Waals surface area contributed by atoms with Gasteiger partial charge < -0.3 is 59.0 Å². The third-order valence-corrected chi connectivity index (χ3v) is 14.5. The van der Waals surface area contributed by atoms with Crippen LogP contribution in [0.15, 0.2) is 60.8 Å². The van der Waals surface area contributed by atoms with Gasteiger partial charge in [0.05, 0.1) is 25.2 Å². The van der Waals surface area contributed by atoms with Crippen LogP contribution in [0.3, 0.4) is 0 Å². The first-order valence-corrected chi connectivity index (χ1v) is 26.2. The van der Waals surface area contributed by atoms with E-state index in [-0.39, 0.29) is 56.1 Å². The van der Waals surface area contributed by atoms with Gasteiger partial charge in [-0.1, -0.05) is 55.0 Å². The number of para-hydroxylation sites is 1. The smallest absolute Gasteiger partial charge is 0.315 e. The zero-order valence-corrected chi connectivity index (χ0v) is 42.0. The van der Waals surface area contributed by atoms with Crippen molar-refractivity contribution in [2.75, 3.05) is 31.9 Å². The highest BCUT2D eigenvalue weighted by Gasteiger charge is 2.42. The van der Waals surface area contributed by atoms with Gasteiger partial charge in [-0.25, -0.2) is 10.3 Å². The van der Waals surface area contributed by atoms with Gasteiger partial charge >= 0.3 is 6.03 Å². The summed E-state index contributed by atoms with van der Waals surface area (Å²) in [7, 11) is 0. The predicted molar refractivity (Wildman–Crippen MR) is 274 cm³/mol. The number of nitrogens with two attached hydrogens (primary N) is 2. The number of fused-ring (bicyclic) bond motifs is 2. The van der Waals surface area contributed by atoms with E-state index >= 15 is 0 Å². The average molecular weight is 1030 g/mol. The molecule has 15 N–H and O–H groups in total. The normalized spacial score (nSPS) is 17.4. The molecule has 5 rings (SSSR count). The Kier molecular flexibility index (Phi) is 23.8. The largest absolute Gasteiger partial charge is 0.368 e. The molecule has 0 radical (unpaired) electrons. The lowest BCUT2D eigenvalue weighted by atomic mass is 9.94. The Hall–Kier alpha value is -6.72. The van der Waals surface area contributed by atoms with Gasteiger partial charge in [0.15, 0.2) is 0 Å². The standard InChI is InChI=1S/C50H72N12O10S/c51-23-10-8-20-37(58-47(68)32(26-42(64)62-72)16-12-15-31-13-2-1-3-14-31)49(70)59-38(25-33-27-54-35-18-5-4-17-34(33)35)48(69)56-28-43(65)55-29-44(66)57-36(46(52)67)19-9-11-24-53-41(63)22-7-6-21-40-45-39(30-73-40)60-50(71)61-45/h1-5,13-14,17-18,27,32,36-40,45,54,72H,6-12,15-16,19-26,28-30,51H2,(H2,52,67)(H,53,63)(H,55,65)(H,56,69)(H,57,66)(H,58,68)(H,59,70)(H,62,64)(H2,60,61,71)/t32?,36-,37-,38-,39-,40-,45-/m0/s1. The second kappa shape index (κ2) is 30.3. The van der Waals surface area contributed by atoms with Gasteiger partial charge in [-0.2, -0.15) is 11.8 Å². The van der Waals surface area contributed by atoms with Crippen LogP contribution in [-0.4, -0.2) is 131 Å². The molecule has 2 saturated heterocycles. The molecule has 23 heteroatoms. The minimum Gasteiger partial charge on any atom is -0.368 e. The van der Waals surface area contributed by atoms with E-state index in [1.54, 1.807) is 11.7 Å². The maximum atomic E-state index is 14.1. The Labute approximate surface area is 428 Å².